The summed E-state index contributed by atoms with van der Waals surface area (Å²) in [7, 11) is 0. The molecular formula is C16H31NO4. The van der Waals surface area contributed by atoms with Gasteiger partial charge in [-0.25, -0.2) is 0 Å². The molecular weight excluding hydrogens is 270 g/mol. The maximum absolute atomic E-state index is 10.4. The summed E-state index contributed by atoms with van der Waals surface area (Å²) in [6.07, 6.45) is -1.17. The molecule has 2 N–H and O–H groups in total. The number of hydrogen-bond donors (Lipinski definition) is 2. The van der Waals surface area contributed by atoms with Gasteiger partial charge in [-0.3, -0.25) is 4.90 Å². The zero-order valence-electron chi connectivity index (χ0n) is 14.2. The highest BCUT2D eigenvalue weighted by atomic mass is 16.6. The summed E-state index contributed by atoms with van der Waals surface area (Å²) in [5.74, 6) is 0. The van der Waals surface area contributed by atoms with Crippen molar-refractivity contribution in [3.05, 3.63) is 0 Å². The first-order valence-electron chi connectivity index (χ1n) is 7.94. The molecule has 0 radical (unpaired) electrons. The molecule has 124 valence electrons. The minimum atomic E-state index is -0.778. The number of aliphatic hydroxyl groups is 2. The Morgan fingerprint density at radius 2 is 1.52 bits per heavy atom. The SMILES string of the molecule is CC(C)(C)O[C@H]1[C@@H]2[C@@H](O)[C@H](O)CCN2C[C@@H]1OC(C)(C)C. The molecule has 2 saturated heterocycles. The zero-order chi connectivity index (χ0) is 16.0. The van der Waals surface area contributed by atoms with E-state index in [4.69, 9.17) is 9.47 Å². The fourth-order valence-electron chi connectivity index (χ4n) is 3.34. The molecule has 0 amide bonds. The van der Waals surface area contributed by atoms with Crippen molar-refractivity contribution in [1.29, 1.82) is 0 Å². The normalized spacial score (nSPS) is 38.6. The molecule has 21 heavy (non-hydrogen) atoms. The molecule has 2 fully saturated rings. The Kier molecular flexibility index (Phi) is 4.72. The molecule has 0 bridgehead atoms. The molecule has 0 aromatic heterocycles. The summed E-state index contributed by atoms with van der Waals surface area (Å²) in [5, 5.41) is 20.4. The molecule has 2 rings (SSSR count). The first-order chi connectivity index (χ1) is 9.48. The third kappa shape index (κ3) is 4.17. The molecule has 0 aromatic carbocycles. The number of fused-ring (bicyclic) bond motifs is 1. The first kappa shape index (κ1) is 17.2. The van der Waals surface area contributed by atoms with Gasteiger partial charge in [-0.05, 0) is 48.0 Å². The zero-order valence-corrected chi connectivity index (χ0v) is 14.2. The molecule has 5 atom stereocenters. The molecule has 2 heterocycles. The van der Waals surface area contributed by atoms with Crippen LogP contribution in [0.15, 0.2) is 0 Å². The Hall–Kier alpha value is -0.200. The maximum Gasteiger partial charge on any atom is 0.104 e. The fourth-order valence-corrected chi connectivity index (χ4v) is 3.34. The average molecular weight is 301 g/mol. The van der Waals surface area contributed by atoms with Crippen LogP contribution in [-0.4, -0.2) is 69.9 Å². The van der Waals surface area contributed by atoms with Crippen LogP contribution >= 0.6 is 0 Å². The van der Waals surface area contributed by atoms with Gasteiger partial charge >= 0.3 is 0 Å². The summed E-state index contributed by atoms with van der Waals surface area (Å²) >= 11 is 0. The highest BCUT2D eigenvalue weighted by molar-refractivity contribution is 5.04. The number of hydrogen-bond acceptors (Lipinski definition) is 5. The maximum atomic E-state index is 10.4. The molecule has 0 unspecified atom stereocenters. The second-order valence-corrected chi connectivity index (χ2v) is 8.30. The second-order valence-electron chi connectivity index (χ2n) is 8.30. The molecule has 5 nitrogen and oxygen atoms in total. The van der Waals surface area contributed by atoms with Gasteiger partial charge in [-0.2, -0.15) is 0 Å². The van der Waals surface area contributed by atoms with E-state index in [-0.39, 0.29) is 29.5 Å². The Balaban J connectivity index is 2.21. The molecule has 0 aliphatic carbocycles. The molecule has 0 saturated carbocycles. The smallest absolute Gasteiger partial charge is 0.104 e. The number of piperidine rings is 1. The highest BCUT2D eigenvalue weighted by Gasteiger charge is 2.52. The van der Waals surface area contributed by atoms with Crippen molar-refractivity contribution >= 4 is 0 Å². The van der Waals surface area contributed by atoms with Crippen LogP contribution in [0, 0.1) is 0 Å². The van der Waals surface area contributed by atoms with Crippen LogP contribution in [0.3, 0.4) is 0 Å². The molecule has 0 spiro atoms. The van der Waals surface area contributed by atoms with Crippen molar-refractivity contribution in [2.75, 3.05) is 13.1 Å². The standard InChI is InChI=1S/C16H31NO4/c1-15(2,3)20-11-9-17-8-7-10(18)13(19)12(17)14(11)21-16(4,5)6/h10-14,18-19H,7-9H2,1-6H3/t10-,11+,12+,13+,14-/m1/s1. The summed E-state index contributed by atoms with van der Waals surface area (Å²) in [6.45, 7) is 13.6. The van der Waals surface area contributed by atoms with Crippen LogP contribution in [0.2, 0.25) is 0 Å². The van der Waals surface area contributed by atoms with E-state index in [9.17, 15) is 10.2 Å². The Morgan fingerprint density at radius 3 is 2.05 bits per heavy atom. The summed E-state index contributed by atoms with van der Waals surface area (Å²) in [5.41, 5.74) is -0.579. The number of rotatable bonds is 2. The monoisotopic (exact) mass is 301 g/mol. The summed E-state index contributed by atoms with van der Waals surface area (Å²) < 4.78 is 12.4. The van der Waals surface area contributed by atoms with Crippen molar-refractivity contribution < 1.29 is 19.7 Å². The van der Waals surface area contributed by atoms with Crippen LogP contribution in [0.4, 0.5) is 0 Å². The number of nitrogens with zero attached hydrogens (tertiary/aromatic N) is 1. The van der Waals surface area contributed by atoms with E-state index in [1.807, 2.05) is 41.5 Å². The van der Waals surface area contributed by atoms with Crippen molar-refractivity contribution in [2.45, 2.75) is 89.6 Å². The average Bonchev–Trinajstić information content (AvgIpc) is 2.58. The van der Waals surface area contributed by atoms with Crippen molar-refractivity contribution in [3.8, 4) is 0 Å². The summed E-state index contributed by atoms with van der Waals surface area (Å²) in [4.78, 5) is 2.20. The quantitative estimate of drug-likeness (QED) is 0.801. The largest absolute Gasteiger partial charge is 0.390 e. The van der Waals surface area contributed by atoms with Gasteiger partial charge in [0.25, 0.3) is 0 Å². The van der Waals surface area contributed by atoms with Crippen molar-refractivity contribution in [2.24, 2.45) is 0 Å². The number of aliphatic hydroxyl groups excluding tert-OH is 2. The molecule has 0 aromatic rings. The predicted octanol–water partition coefficient (Wildman–Crippen LogP) is 1.16. The summed E-state index contributed by atoms with van der Waals surface area (Å²) in [6, 6.07) is -0.194. The topological polar surface area (TPSA) is 62.2 Å². The lowest BCUT2D eigenvalue weighted by Gasteiger charge is -2.41. The van der Waals surface area contributed by atoms with Gasteiger partial charge in [0.05, 0.1) is 35.6 Å². The van der Waals surface area contributed by atoms with Gasteiger partial charge < -0.3 is 19.7 Å². The predicted molar refractivity (Wildman–Crippen MR) is 81.2 cm³/mol. The van der Waals surface area contributed by atoms with Gasteiger partial charge in [-0.15, -0.1) is 0 Å². The first-order valence-corrected chi connectivity index (χ1v) is 7.94. The van der Waals surface area contributed by atoms with E-state index in [0.29, 0.717) is 6.42 Å². The van der Waals surface area contributed by atoms with E-state index >= 15 is 0 Å². The van der Waals surface area contributed by atoms with E-state index in [2.05, 4.69) is 4.90 Å². The van der Waals surface area contributed by atoms with Crippen LogP contribution in [0.5, 0.6) is 0 Å². The third-order valence-electron chi connectivity index (χ3n) is 3.99. The van der Waals surface area contributed by atoms with Gasteiger partial charge in [0, 0.05) is 13.1 Å². The van der Waals surface area contributed by atoms with Gasteiger partial charge in [-0.1, -0.05) is 0 Å². The van der Waals surface area contributed by atoms with Crippen molar-refractivity contribution in [3.63, 3.8) is 0 Å². The fraction of sp³-hybridized carbons (Fsp3) is 1.00. The molecule has 5 heteroatoms. The lowest BCUT2D eigenvalue weighted by atomic mass is 9.93. The Bertz CT molecular complexity index is 360. The third-order valence-corrected chi connectivity index (χ3v) is 3.99. The van der Waals surface area contributed by atoms with Crippen LogP contribution < -0.4 is 0 Å². The van der Waals surface area contributed by atoms with E-state index < -0.39 is 12.2 Å². The Morgan fingerprint density at radius 1 is 0.952 bits per heavy atom. The molecule has 2 aliphatic heterocycles. The Labute approximate surface area is 128 Å². The van der Waals surface area contributed by atoms with Crippen LogP contribution in [0.25, 0.3) is 0 Å². The number of ether oxygens (including phenoxy) is 2. The van der Waals surface area contributed by atoms with E-state index in [1.54, 1.807) is 0 Å². The molecule has 2 aliphatic rings. The van der Waals surface area contributed by atoms with E-state index in [1.165, 1.54) is 0 Å². The minimum absolute atomic E-state index is 0.0887. The highest BCUT2D eigenvalue weighted by Crippen LogP contribution is 2.35. The van der Waals surface area contributed by atoms with E-state index in [0.717, 1.165) is 13.1 Å². The van der Waals surface area contributed by atoms with Gasteiger partial charge in [0.2, 0.25) is 0 Å². The second kappa shape index (κ2) is 5.78. The van der Waals surface area contributed by atoms with Gasteiger partial charge in [0.1, 0.15) is 6.10 Å². The van der Waals surface area contributed by atoms with Crippen molar-refractivity contribution in [1.82, 2.24) is 4.90 Å². The van der Waals surface area contributed by atoms with Crippen LogP contribution in [0.1, 0.15) is 48.0 Å². The minimum Gasteiger partial charge on any atom is -0.390 e. The lowest BCUT2D eigenvalue weighted by molar-refractivity contribution is -0.169. The van der Waals surface area contributed by atoms with Gasteiger partial charge in [0.15, 0.2) is 0 Å². The lowest BCUT2D eigenvalue weighted by Crippen LogP contribution is -2.57. The van der Waals surface area contributed by atoms with Crippen LogP contribution in [-0.2, 0) is 9.47 Å².